The van der Waals surface area contributed by atoms with Crippen molar-refractivity contribution in [1.82, 2.24) is 5.32 Å². The van der Waals surface area contributed by atoms with Crippen molar-refractivity contribution < 1.29 is 9.47 Å². The van der Waals surface area contributed by atoms with Crippen molar-refractivity contribution in [3.8, 4) is 0 Å². The zero-order chi connectivity index (χ0) is 11.9. The minimum atomic E-state index is 0.192. The fraction of sp³-hybridized carbons (Fsp3) is 0.571. The standard InChI is InChI=1S/C14H21NO2/c1-2-13-8-15-9-14(17-13)11-16-10-12-6-4-3-5-7-12/h3-7,13-15H,2,8-11H2,1H3/t13-,14-/m1/s1. The van der Waals surface area contributed by atoms with E-state index < -0.39 is 0 Å². The Bertz CT molecular complexity index is 315. The topological polar surface area (TPSA) is 30.5 Å². The molecule has 2 rings (SSSR count). The summed E-state index contributed by atoms with van der Waals surface area (Å²) in [5, 5.41) is 3.38. The summed E-state index contributed by atoms with van der Waals surface area (Å²) in [5.41, 5.74) is 1.21. The molecule has 0 aliphatic carbocycles. The zero-order valence-corrected chi connectivity index (χ0v) is 10.4. The molecule has 1 aromatic rings. The van der Waals surface area contributed by atoms with Crippen LogP contribution in [0.15, 0.2) is 30.3 Å². The van der Waals surface area contributed by atoms with Crippen molar-refractivity contribution in [2.24, 2.45) is 0 Å². The maximum absolute atomic E-state index is 5.89. The normalized spacial score (nSPS) is 24.8. The first-order valence-corrected chi connectivity index (χ1v) is 6.36. The summed E-state index contributed by atoms with van der Waals surface area (Å²) in [6.07, 6.45) is 1.59. The maximum Gasteiger partial charge on any atom is 0.0937 e. The third kappa shape index (κ3) is 4.11. The average Bonchev–Trinajstić information content (AvgIpc) is 2.40. The van der Waals surface area contributed by atoms with E-state index in [1.54, 1.807) is 0 Å². The van der Waals surface area contributed by atoms with E-state index in [0.717, 1.165) is 19.5 Å². The van der Waals surface area contributed by atoms with Crippen molar-refractivity contribution in [2.75, 3.05) is 19.7 Å². The molecule has 94 valence electrons. The van der Waals surface area contributed by atoms with Crippen molar-refractivity contribution in [3.05, 3.63) is 35.9 Å². The Morgan fingerprint density at radius 1 is 1.24 bits per heavy atom. The highest BCUT2D eigenvalue weighted by Crippen LogP contribution is 2.08. The number of hydrogen-bond donors (Lipinski definition) is 1. The minimum absolute atomic E-state index is 0.192. The smallest absolute Gasteiger partial charge is 0.0937 e. The lowest BCUT2D eigenvalue weighted by molar-refractivity contribution is -0.0792. The number of nitrogens with one attached hydrogen (secondary N) is 1. The van der Waals surface area contributed by atoms with Gasteiger partial charge in [-0.3, -0.25) is 0 Å². The Kier molecular flexibility index (Phi) is 4.98. The lowest BCUT2D eigenvalue weighted by Crippen LogP contribution is -2.46. The van der Waals surface area contributed by atoms with E-state index >= 15 is 0 Å². The van der Waals surface area contributed by atoms with Crippen LogP contribution in [-0.4, -0.2) is 31.9 Å². The van der Waals surface area contributed by atoms with Crippen LogP contribution in [0.2, 0.25) is 0 Å². The molecule has 1 fully saturated rings. The van der Waals surface area contributed by atoms with Crippen LogP contribution in [0.3, 0.4) is 0 Å². The lowest BCUT2D eigenvalue weighted by atomic mass is 10.2. The number of ether oxygens (including phenoxy) is 2. The fourth-order valence-electron chi connectivity index (χ4n) is 1.99. The van der Waals surface area contributed by atoms with E-state index in [1.165, 1.54) is 5.56 Å². The lowest BCUT2D eigenvalue weighted by Gasteiger charge is -2.30. The molecule has 2 atom stereocenters. The predicted octanol–water partition coefficient (Wildman–Crippen LogP) is 1.97. The Morgan fingerprint density at radius 2 is 2.00 bits per heavy atom. The third-order valence-corrected chi connectivity index (χ3v) is 3.00. The largest absolute Gasteiger partial charge is 0.374 e. The van der Waals surface area contributed by atoms with E-state index in [9.17, 15) is 0 Å². The minimum Gasteiger partial charge on any atom is -0.374 e. The van der Waals surface area contributed by atoms with E-state index in [2.05, 4.69) is 24.4 Å². The maximum atomic E-state index is 5.89. The predicted molar refractivity (Wildman–Crippen MR) is 67.9 cm³/mol. The van der Waals surface area contributed by atoms with Gasteiger partial charge in [0.2, 0.25) is 0 Å². The number of rotatable bonds is 5. The molecule has 1 heterocycles. The number of benzene rings is 1. The Balaban J connectivity index is 1.68. The van der Waals surface area contributed by atoms with Gasteiger partial charge < -0.3 is 14.8 Å². The molecule has 17 heavy (non-hydrogen) atoms. The molecular formula is C14H21NO2. The molecule has 0 saturated carbocycles. The second-order valence-electron chi connectivity index (χ2n) is 4.45. The van der Waals surface area contributed by atoms with Crippen molar-refractivity contribution in [1.29, 1.82) is 0 Å². The summed E-state index contributed by atoms with van der Waals surface area (Å²) in [4.78, 5) is 0. The highest BCUT2D eigenvalue weighted by molar-refractivity contribution is 5.13. The van der Waals surface area contributed by atoms with E-state index in [-0.39, 0.29) is 6.10 Å². The molecule has 1 aliphatic rings. The fourth-order valence-corrected chi connectivity index (χ4v) is 1.99. The van der Waals surface area contributed by atoms with Crippen LogP contribution < -0.4 is 5.32 Å². The highest BCUT2D eigenvalue weighted by Gasteiger charge is 2.20. The Morgan fingerprint density at radius 3 is 2.76 bits per heavy atom. The SMILES string of the molecule is CC[C@@H]1CNC[C@H](COCc2ccccc2)O1. The molecule has 3 heteroatoms. The summed E-state index contributed by atoms with van der Waals surface area (Å²) in [6.45, 7) is 5.34. The zero-order valence-electron chi connectivity index (χ0n) is 10.4. The summed E-state index contributed by atoms with van der Waals surface area (Å²) in [6, 6.07) is 10.2. The van der Waals surface area contributed by atoms with Gasteiger partial charge >= 0.3 is 0 Å². The molecule has 0 spiro atoms. The third-order valence-electron chi connectivity index (χ3n) is 3.00. The van der Waals surface area contributed by atoms with E-state index in [1.807, 2.05) is 18.2 Å². The average molecular weight is 235 g/mol. The quantitative estimate of drug-likeness (QED) is 0.846. The van der Waals surface area contributed by atoms with Crippen LogP contribution in [0.1, 0.15) is 18.9 Å². The molecular weight excluding hydrogens is 214 g/mol. The van der Waals surface area contributed by atoms with Gasteiger partial charge in [-0.25, -0.2) is 0 Å². The van der Waals surface area contributed by atoms with Gasteiger partial charge in [0, 0.05) is 13.1 Å². The number of hydrogen-bond acceptors (Lipinski definition) is 3. The van der Waals surface area contributed by atoms with Crippen LogP contribution in [0.25, 0.3) is 0 Å². The van der Waals surface area contributed by atoms with E-state index in [0.29, 0.717) is 19.3 Å². The summed E-state index contributed by atoms with van der Waals surface area (Å²) < 4.78 is 11.6. The van der Waals surface area contributed by atoms with Gasteiger partial charge in [-0.1, -0.05) is 37.3 Å². The molecule has 1 N–H and O–H groups in total. The summed E-state index contributed by atoms with van der Waals surface area (Å²) in [5.74, 6) is 0. The molecule has 1 aromatic carbocycles. The van der Waals surface area contributed by atoms with Crippen LogP contribution in [0, 0.1) is 0 Å². The van der Waals surface area contributed by atoms with Gasteiger partial charge in [0.15, 0.2) is 0 Å². The molecule has 1 saturated heterocycles. The number of morpholine rings is 1. The van der Waals surface area contributed by atoms with Gasteiger partial charge in [0.05, 0.1) is 25.4 Å². The van der Waals surface area contributed by atoms with Crippen LogP contribution in [0.4, 0.5) is 0 Å². The first-order valence-electron chi connectivity index (χ1n) is 6.36. The first kappa shape index (κ1) is 12.6. The van der Waals surface area contributed by atoms with Crippen LogP contribution >= 0.6 is 0 Å². The van der Waals surface area contributed by atoms with Crippen molar-refractivity contribution in [3.63, 3.8) is 0 Å². The van der Waals surface area contributed by atoms with Crippen LogP contribution in [-0.2, 0) is 16.1 Å². The van der Waals surface area contributed by atoms with Gasteiger partial charge in [0.1, 0.15) is 0 Å². The second kappa shape index (κ2) is 6.74. The van der Waals surface area contributed by atoms with Gasteiger partial charge in [-0.05, 0) is 12.0 Å². The monoisotopic (exact) mass is 235 g/mol. The molecule has 1 aliphatic heterocycles. The van der Waals surface area contributed by atoms with Gasteiger partial charge in [0.25, 0.3) is 0 Å². The Labute approximate surface area is 103 Å². The second-order valence-corrected chi connectivity index (χ2v) is 4.45. The molecule has 0 radical (unpaired) electrons. The first-order chi connectivity index (χ1) is 8.38. The molecule has 0 aromatic heterocycles. The van der Waals surface area contributed by atoms with Crippen LogP contribution in [0.5, 0.6) is 0 Å². The summed E-state index contributed by atoms with van der Waals surface area (Å²) in [7, 11) is 0. The molecule has 0 bridgehead atoms. The van der Waals surface area contributed by atoms with Gasteiger partial charge in [-0.15, -0.1) is 0 Å². The Hall–Kier alpha value is -0.900. The summed E-state index contributed by atoms with van der Waals surface area (Å²) >= 11 is 0. The molecule has 3 nitrogen and oxygen atoms in total. The molecule has 0 unspecified atom stereocenters. The van der Waals surface area contributed by atoms with Gasteiger partial charge in [-0.2, -0.15) is 0 Å². The highest BCUT2D eigenvalue weighted by atomic mass is 16.5. The van der Waals surface area contributed by atoms with Crippen molar-refractivity contribution in [2.45, 2.75) is 32.2 Å². The van der Waals surface area contributed by atoms with Crippen molar-refractivity contribution >= 4 is 0 Å². The molecule has 0 amide bonds. The van der Waals surface area contributed by atoms with E-state index in [4.69, 9.17) is 9.47 Å².